The summed E-state index contributed by atoms with van der Waals surface area (Å²) in [6, 6.07) is 0. The van der Waals surface area contributed by atoms with Crippen molar-refractivity contribution in [3.8, 4) is 0 Å². The van der Waals surface area contributed by atoms with Crippen LogP contribution in [0.25, 0.3) is 0 Å². The lowest BCUT2D eigenvalue weighted by Crippen LogP contribution is -2.24. The van der Waals surface area contributed by atoms with E-state index in [9.17, 15) is 14.9 Å². The van der Waals surface area contributed by atoms with Crippen LogP contribution in [0, 0.1) is 10.1 Å². The first-order valence-electron chi connectivity index (χ1n) is 5.28. The van der Waals surface area contributed by atoms with Crippen LogP contribution in [0.15, 0.2) is 6.20 Å². The highest BCUT2D eigenvalue weighted by Gasteiger charge is 2.20. The Balaban J connectivity index is 2.57. The highest BCUT2D eigenvalue weighted by Crippen LogP contribution is 2.21. The van der Waals surface area contributed by atoms with E-state index < -0.39 is 22.3 Å². The van der Waals surface area contributed by atoms with E-state index in [0.717, 1.165) is 0 Å². The van der Waals surface area contributed by atoms with E-state index in [2.05, 4.69) is 5.10 Å². The largest absolute Gasteiger partial charge is 0.460 e. The van der Waals surface area contributed by atoms with Crippen LogP contribution in [0.1, 0.15) is 27.2 Å². The molecule has 0 amide bonds. The van der Waals surface area contributed by atoms with Crippen molar-refractivity contribution in [2.75, 3.05) is 0 Å². The molecule has 0 aromatic carbocycles. The number of nitrogens with zero attached hydrogens (tertiary/aromatic N) is 3. The maximum absolute atomic E-state index is 11.4. The first-order chi connectivity index (χ1) is 8.19. The normalized spacial score (nSPS) is 11.3. The lowest BCUT2D eigenvalue weighted by Gasteiger charge is -2.19. The van der Waals surface area contributed by atoms with Crippen LogP contribution in [0.5, 0.6) is 0 Å². The van der Waals surface area contributed by atoms with E-state index in [1.165, 1.54) is 10.9 Å². The van der Waals surface area contributed by atoms with Gasteiger partial charge in [0.25, 0.3) is 0 Å². The predicted molar refractivity (Wildman–Crippen MR) is 64.4 cm³/mol. The van der Waals surface area contributed by atoms with Gasteiger partial charge in [-0.15, -0.1) is 0 Å². The van der Waals surface area contributed by atoms with Gasteiger partial charge in [0.05, 0.1) is 24.3 Å². The topological polar surface area (TPSA) is 87.3 Å². The average Bonchev–Trinajstić information content (AvgIpc) is 2.54. The Kier molecular flexibility index (Phi) is 4.28. The molecule has 0 aliphatic heterocycles. The zero-order chi connectivity index (χ0) is 13.9. The molecular weight excluding hydrogens is 262 g/mol. The van der Waals surface area contributed by atoms with Crippen molar-refractivity contribution in [1.29, 1.82) is 0 Å². The first kappa shape index (κ1) is 14.4. The molecule has 0 saturated heterocycles. The summed E-state index contributed by atoms with van der Waals surface area (Å²) in [4.78, 5) is 21.3. The molecule has 7 nitrogen and oxygen atoms in total. The Morgan fingerprint density at radius 2 is 2.22 bits per heavy atom. The number of ether oxygens (including phenoxy) is 1. The molecule has 0 fully saturated rings. The van der Waals surface area contributed by atoms with Gasteiger partial charge in [-0.25, -0.2) is 0 Å². The third-order valence-corrected chi connectivity index (χ3v) is 2.10. The highest BCUT2D eigenvalue weighted by atomic mass is 35.5. The molecule has 1 rings (SSSR count). The summed E-state index contributed by atoms with van der Waals surface area (Å²) in [6.45, 7) is 5.48. The molecule has 0 spiro atoms. The lowest BCUT2D eigenvalue weighted by atomic mass is 10.2. The third-order valence-electron chi connectivity index (χ3n) is 1.84. The minimum Gasteiger partial charge on any atom is -0.460 e. The first-order valence-corrected chi connectivity index (χ1v) is 5.66. The van der Waals surface area contributed by atoms with Crippen LogP contribution in [0.4, 0.5) is 5.82 Å². The van der Waals surface area contributed by atoms with Crippen LogP contribution in [-0.4, -0.2) is 26.3 Å². The van der Waals surface area contributed by atoms with Crippen LogP contribution in [0.2, 0.25) is 5.02 Å². The maximum atomic E-state index is 11.4. The fourth-order valence-corrected chi connectivity index (χ4v) is 1.44. The van der Waals surface area contributed by atoms with Crippen LogP contribution in [0.3, 0.4) is 0 Å². The summed E-state index contributed by atoms with van der Waals surface area (Å²) < 4.78 is 6.35. The second kappa shape index (κ2) is 5.34. The molecule has 1 aromatic heterocycles. The molecule has 0 atom stereocenters. The van der Waals surface area contributed by atoms with E-state index in [0.29, 0.717) is 0 Å². The van der Waals surface area contributed by atoms with Gasteiger partial charge >= 0.3 is 11.8 Å². The second-order valence-corrected chi connectivity index (χ2v) is 5.06. The molecule has 1 aromatic rings. The Bertz CT molecular complexity index is 464. The van der Waals surface area contributed by atoms with Crippen molar-refractivity contribution >= 4 is 23.4 Å². The summed E-state index contributed by atoms with van der Waals surface area (Å²) in [5.41, 5.74) is -0.551. The summed E-state index contributed by atoms with van der Waals surface area (Å²) in [6.07, 6.45) is 1.39. The Morgan fingerprint density at radius 1 is 1.61 bits per heavy atom. The summed E-state index contributed by atoms with van der Waals surface area (Å²) in [5, 5.41) is 14.1. The van der Waals surface area contributed by atoms with Gasteiger partial charge in [0, 0.05) is 0 Å². The molecular formula is C10H14ClN3O4. The van der Waals surface area contributed by atoms with Gasteiger partial charge in [-0.3, -0.25) is 4.79 Å². The molecule has 0 bridgehead atoms. The van der Waals surface area contributed by atoms with Gasteiger partial charge < -0.3 is 14.9 Å². The molecule has 1 heterocycles. The predicted octanol–water partition coefficient (Wildman–Crippen LogP) is 2.18. The number of hydrogen-bond donors (Lipinski definition) is 0. The highest BCUT2D eigenvalue weighted by molar-refractivity contribution is 6.32. The Labute approximate surface area is 109 Å². The Hall–Kier alpha value is -1.63. The zero-order valence-corrected chi connectivity index (χ0v) is 11.1. The van der Waals surface area contributed by atoms with Gasteiger partial charge in [-0.05, 0) is 25.7 Å². The second-order valence-electron chi connectivity index (χ2n) is 4.66. The molecule has 0 N–H and O–H groups in total. The molecule has 8 heteroatoms. The van der Waals surface area contributed by atoms with E-state index >= 15 is 0 Å². The quantitative estimate of drug-likeness (QED) is 0.477. The van der Waals surface area contributed by atoms with Crippen LogP contribution in [-0.2, 0) is 16.1 Å². The van der Waals surface area contributed by atoms with Crippen molar-refractivity contribution in [2.45, 2.75) is 39.3 Å². The fraction of sp³-hybridized carbons (Fsp3) is 0.600. The van der Waals surface area contributed by atoms with Crippen molar-refractivity contribution < 1.29 is 14.5 Å². The van der Waals surface area contributed by atoms with Gasteiger partial charge in [0.1, 0.15) is 5.60 Å². The number of rotatable bonds is 4. The third kappa shape index (κ3) is 4.33. The minimum atomic E-state index is -0.674. The van der Waals surface area contributed by atoms with Crippen LogP contribution < -0.4 is 0 Å². The number of carbonyl (C=O) groups excluding carboxylic acids is 1. The van der Waals surface area contributed by atoms with Crippen molar-refractivity contribution in [3.05, 3.63) is 21.3 Å². The molecule has 0 aliphatic rings. The number of halogens is 1. The molecule has 0 unspecified atom stereocenters. The molecule has 0 radical (unpaired) electrons. The minimum absolute atomic E-state index is 0.0517. The van der Waals surface area contributed by atoms with Crippen molar-refractivity contribution in [2.24, 2.45) is 0 Å². The SMILES string of the molecule is CC(C)(C)OC(=O)CCn1cc(Cl)c([N+](=O)[O-])n1. The number of esters is 1. The Morgan fingerprint density at radius 3 is 2.67 bits per heavy atom. The number of nitro groups is 1. The van der Waals surface area contributed by atoms with Gasteiger partial charge in [0.2, 0.25) is 0 Å². The van der Waals surface area contributed by atoms with Gasteiger partial charge in [-0.1, -0.05) is 11.6 Å². The number of aromatic nitrogens is 2. The number of carbonyl (C=O) groups is 1. The number of hydrogen-bond acceptors (Lipinski definition) is 5. The standard InChI is InChI=1S/C10H14ClN3O4/c1-10(2,3)18-8(15)4-5-13-6-7(11)9(12-13)14(16)17/h6H,4-5H2,1-3H3. The van der Waals surface area contributed by atoms with E-state index in [1.54, 1.807) is 20.8 Å². The summed E-state index contributed by atoms with van der Waals surface area (Å²) in [5.74, 6) is -0.808. The van der Waals surface area contributed by atoms with E-state index in [-0.39, 0.29) is 18.0 Å². The average molecular weight is 276 g/mol. The molecule has 0 aliphatic carbocycles. The molecule has 0 saturated carbocycles. The lowest BCUT2D eigenvalue weighted by molar-refractivity contribution is -0.389. The van der Waals surface area contributed by atoms with Crippen molar-refractivity contribution in [3.63, 3.8) is 0 Å². The van der Waals surface area contributed by atoms with Gasteiger partial charge in [-0.2, -0.15) is 4.68 Å². The van der Waals surface area contributed by atoms with Crippen molar-refractivity contribution in [1.82, 2.24) is 9.78 Å². The zero-order valence-electron chi connectivity index (χ0n) is 10.3. The van der Waals surface area contributed by atoms with E-state index in [4.69, 9.17) is 16.3 Å². The number of aryl methyl sites for hydroxylation is 1. The maximum Gasteiger partial charge on any atom is 0.408 e. The monoisotopic (exact) mass is 275 g/mol. The molecule has 18 heavy (non-hydrogen) atoms. The van der Waals surface area contributed by atoms with E-state index in [1.807, 2.05) is 0 Å². The summed E-state index contributed by atoms with van der Waals surface area (Å²) in [7, 11) is 0. The summed E-state index contributed by atoms with van der Waals surface area (Å²) >= 11 is 5.62. The molecule has 100 valence electrons. The van der Waals surface area contributed by atoms with Gasteiger partial charge in [0.15, 0.2) is 5.02 Å². The van der Waals surface area contributed by atoms with Crippen LogP contribution >= 0.6 is 11.6 Å². The smallest absolute Gasteiger partial charge is 0.408 e. The fourth-order valence-electron chi connectivity index (χ4n) is 1.22.